The molecule has 4 heteroatoms. The van der Waals surface area contributed by atoms with Crippen molar-refractivity contribution in [2.24, 2.45) is 0 Å². The number of aliphatic carboxylic acids is 1. The molecule has 1 rings (SSSR count). The van der Waals surface area contributed by atoms with Gasteiger partial charge in [-0.1, -0.05) is 29.8 Å². The lowest BCUT2D eigenvalue weighted by Gasteiger charge is -2.11. The number of methoxy groups -OCH3 is 1. The van der Waals surface area contributed by atoms with Crippen LogP contribution in [-0.4, -0.2) is 18.2 Å². The van der Waals surface area contributed by atoms with E-state index in [1.807, 2.05) is 0 Å². The molecule has 0 unspecified atom stereocenters. The lowest BCUT2D eigenvalue weighted by molar-refractivity contribution is -0.148. The molecule has 1 aromatic rings. The summed E-state index contributed by atoms with van der Waals surface area (Å²) >= 11 is 5.80. The van der Waals surface area contributed by atoms with E-state index in [2.05, 4.69) is 0 Å². The molecular weight excluding hydrogens is 192 g/mol. The molecule has 3 nitrogen and oxygen atoms in total. The quantitative estimate of drug-likeness (QED) is 0.813. The van der Waals surface area contributed by atoms with E-state index in [4.69, 9.17) is 21.4 Å². The molecule has 70 valence electrons. The van der Waals surface area contributed by atoms with Crippen LogP contribution in [0.15, 0.2) is 24.3 Å². The second-order valence-corrected chi connectivity index (χ2v) is 2.88. The van der Waals surface area contributed by atoms with Crippen molar-refractivity contribution in [1.82, 2.24) is 0 Å². The lowest BCUT2D eigenvalue weighted by Crippen LogP contribution is -2.13. The minimum atomic E-state index is -1.05. The van der Waals surface area contributed by atoms with Crippen molar-refractivity contribution in [2.45, 2.75) is 6.10 Å². The monoisotopic (exact) mass is 200 g/mol. The third kappa shape index (κ3) is 2.20. The fraction of sp³-hybridized carbons (Fsp3) is 0.222. The van der Waals surface area contributed by atoms with Crippen LogP contribution in [0.25, 0.3) is 0 Å². The summed E-state index contributed by atoms with van der Waals surface area (Å²) in [4.78, 5) is 10.7. The molecule has 1 N–H and O–H groups in total. The van der Waals surface area contributed by atoms with Crippen molar-refractivity contribution in [2.75, 3.05) is 7.11 Å². The van der Waals surface area contributed by atoms with Gasteiger partial charge in [0.1, 0.15) is 0 Å². The number of hydrogen-bond donors (Lipinski definition) is 1. The number of carbonyl (C=O) groups is 1. The summed E-state index contributed by atoms with van der Waals surface area (Å²) in [5.74, 6) is -1.05. The van der Waals surface area contributed by atoms with Crippen LogP contribution < -0.4 is 0 Å². The van der Waals surface area contributed by atoms with Gasteiger partial charge in [-0.3, -0.25) is 0 Å². The summed E-state index contributed by atoms with van der Waals surface area (Å²) in [5.41, 5.74) is 0.471. The van der Waals surface area contributed by atoms with E-state index in [-0.39, 0.29) is 0 Å². The van der Waals surface area contributed by atoms with E-state index < -0.39 is 12.1 Å². The Labute approximate surface area is 80.9 Å². The molecule has 0 amide bonds. The Morgan fingerprint density at radius 1 is 1.54 bits per heavy atom. The summed E-state index contributed by atoms with van der Waals surface area (Å²) in [5, 5.41) is 9.17. The van der Waals surface area contributed by atoms with E-state index in [9.17, 15) is 4.79 Å². The van der Waals surface area contributed by atoms with Crippen molar-refractivity contribution < 1.29 is 14.6 Å². The molecular formula is C9H9ClO3. The van der Waals surface area contributed by atoms with Crippen LogP contribution in [0.3, 0.4) is 0 Å². The van der Waals surface area contributed by atoms with Crippen molar-refractivity contribution in [3.63, 3.8) is 0 Å². The van der Waals surface area contributed by atoms with Crippen molar-refractivity contribution >= 4 is 17.6 Å². The number of carboxylic acids is 1. The molecule has 0 bridgehead atoms. The Balaban J connectivity index is 3.04. The van der Waals surface area contributed by atoms with Crippen LogP contribution in [0, 0.1) is 0 Å². The minimum absolute atomic E-state index is 0.400. The van der Waals surface area contributed by atoms with Gasteiger partial charge in [0.05, 0.1) is 0 Å². The summed E-state index contributed by atoms with van der Waals surface area (Å²) in [6.45, 7) is 0. The molecule has 1 atom stereocenters. The van der Waals surface area contributed by atoms with E-state index in [1.165, 1.54) is 7.11 Å². The standard InChI is InChI=1S/C9H9ClO3/c1-13-8(9(11)12)6-4-2-3-5-7(6)10/h2-5,8H,1H3,(H,11,12)/t8-/m1/s1. The largest absolute Gasteiger partial charge is 0.479 e. The number of ether oxygens (including phenoxy) is 1. The number of halogens is 1. The Hall–Kier alpha value is -1.06. The van der Waals surface area contributed by atoms with Crippen LogP contribution in [0.5, 0.6) is 0 Å². The average Bonchev–Trinajstić information content (AvgIpc) is 2.09. The van der Waals surface area contributed by atoms with Gasteiger partial charge in [-0.05, 0) is 6.07 Å². The Bertz CT molecular complexity index is 311. The molecule has 0 saturated carbocycles. The molecule has 0 fully saturated rings. The Morgan fingerprint density at radius 2 is 2.15 bits per heavy atom. The van der Waals surface area contributed by atoms with E-state index in [1.54, 1.807) is 24.3 Å². The molecule has 0 aliphatic heterocycles. The van der Waals surface area contributed by atoms with Gasteiger partial charge in [0, 0.05) is 17.7 Å². The zero-order valence-electron chi connectivity index (χ0n) is 7.03. The molecule has 1 aromatic carbocycles. The number of hydrogen-bond acceptors (Lipinski definition) is 2. The Morgan fingerprint density at radius 3 is 2.62 bits per heavy atom. The smallest absolute Gasteiger partial charge is 0.337 e. The van der Waals surface area contributed by atoms with Crippen molar-refractivity contribution in [3.8, 4) is 0 Å². The van der Waals surface area contributed by atoms with Gasteiger partial charge >= 0.3 is 5.97 Å². The summed E-state index contributed by atoms with van der Waals surface area (Å²) in [6.07, 6.45) is -0.992. The molecule has 0 radical (unpaired) electrons. The fourth-order valence-corrected chi connectivity index (χ4v) is 1.28. The van der Waals surface area contributed by atoms with Crippen molar-refractivity contribution in [1.29, 1.82) is 0 Å². The first kappa shape index (κ1) is 10.0. The topological polar surface area (TPSA) is 46.5 Å². The molecule has 0 spiro atoms. The normalized spacial score (nSPS) is 12.5. The zero-order chi connectivity index (χ0) is 9.84. The molecule has 0 aliphatic carbocycles. The van der Waals surface area contributed by atoms with Gasteiger partial charge in [0.2, 0.25) is 0 Å². The number of benzene rings is 1. The maximum atomic E-state index is 10.7. The number of rotatable bonds is 3. The SMILES string of the molecule is CO[C@@H](C(=O)O)c1ccccc1Cl. The third-order valence-electron chi connectivity index (χ3n) is 1.65. The highest BCUT2D eigenvalue weighted by atomic mass is 35.5. The van der Waals surface area contributed by atoms with E-state index >= 15 is 0 Å². The second-order valence-electron chi connectivity index (χ2n) is 2.48. The van der Waals surface area contributed by atoms with Crippen LogP contribution >= 0.6 is 11.6 Å². The Kier molecular flexibility index (Phi) is 3.28. The van der Waals surface area contributed by atoms with Crippen molar-refractivity contribution in [3.05, 3.63) is 34.9 Å². The summed E-state index contributed by atoms with van der Waals surface area (Å²) < 4.78 is 4.79. The second kappa shape index (κ2) is 4.25. The van der Waals surface area contributed by atoms with E-state index in [0.29, 0.717) is 10.6 Å². The first-order valence-electron chi connectivity index (χ1n) is 3.67. The molecule has 0 heterocycles. The van der Waals surface area contributed by atoms with Crippen LogP contribution in [0.1, 0.15) is 11.7 Å². The zero-order valence-corrected chi connectivity index (χ0v) is 7.78. The first-order valence-corrected chi connectivity index (χ1v) is 4.04. The van der Waals surface area contributed by atoms with Gasteiger partial charge < -0.3 is 9.84 Å². The van der Waals surface area contributed by atoms with Gasteiger partial charge in [-0.15, -0.1) is 0 Å². The molecule has 0 aliphatic rings. The van der Waals surface area contributed by atoms with Gasteiger partial charge in [-0.2, -0.15) is 0 Å². The predicted molar refractivity (Wildman–Crippen MR) is 48.8 cm³/mol. The summed E-state index contributed by atoms with van der Waals surface area (Å²) in [7, 11) is 1.34. The minimum Gasteiger partial charge on any atom is -0.479 e. The van der Waals surface area contributed by atoms with Crippen LogP contribution in [-0.2, 0) is 9.53 Å². The number of carboxylic acid groups (broad SMARTS) is 1. The molecule has 13 heavy (non-hydrogen) atoms. The van der Waals surface area contributed by atoms with Gasteiger partial charge in [0.25, 0.3) is 0 Å². The van der Waals surface area contributed by atoms with E-state index in [0.717, 1.165) is 0 Å². The molecule has 0 aromatic heterocycles. The predicted octanol–water partition coefficient (Wildman–Crippen LogP) is 2.11. The highest BCUT2D eigenvalue weighted by molar-refractivity contribution is 6.31. The average molecular weight is 201 g/mol. The first-order chi connectivity index (χ1) is 6.16. The maximum Gasteiger partial charge on any atom is 0.337 e. The highest BCUT2D eigenvalue weighted by Crippen LogP contribution is 2.24. The van der Waals surface area contributed by atoms with Gasteiger partial charge in [-0.25, -0.2) is 4.79 Å². The summed E-state index contributed by atoms with van der Waals surface area (Å²) in [6, 6.07) is 6.72. The fourth-order valence-electron chi connectivity index (χ4n) is 1.05. The lowest BCUT2D eigenvalue weighted by atomic mass is 10.1. The maximum absolute atomic E-state index is 10.7. The highest BCUT2D eigenvalue weighted by Gasteiger charge is 2.20. The third-order valence-corrected chi connectivity index (χ3v) is 1.99. The van der Waals surface area contributed by atoms with Crippen LogP contribution in [0.2, 0.25) is 5.02 Å². The van der Waals surface area contributed by atoms with Gasteiger partial charge in [0.15, 0.2) is 6.10 Å². The van der Waals surface area contributed by atoms with Crippen LogP contribution in [0.4, 0.5) is 0 Å². The molecule has 0 saturated heterocycles.